The Morgan fingerprint density at radius 1 is 1.24 bits per heavy atom. The highest BCUT2D eigenvalue weighted by Gasteiger charge is 2.22. The maximum Gasteiger partial charge on any atom is 0.260 e. The number of aryl methyl sites for hydroxylation is 1. The van der Waals surface area contributed by atoms with E-state index in [0.29, 0.717) is 5.75 Å². The average molecular weight is 568 g/mol. The molecule has 3 aromatic rings. The molecular formula is C23H24BrClN4O4S. The Morgan fingerprint density at radius 3 is 2.59 bits per heavy atom. The molecule has 0 aliphatic heterocycles. The third-order valence-electron chi connectivity index (χ3n) is 5.04. The van der Waals surface area contributed by atoms with E-state index in [1.165, 1.54) is 31.5 Å². The molecule has 1 heterocycles. The summed E-state index contributed by atoms with van der Waals surface area (Å²) in [5.74, 6) is -0.206. The Hall–Kier alpha value is -2.82. The van der Waals surface area contributed by atoms with Crippen molar-refractivity contribution in [2.24, 2.45) is 5.10 Å². The molecule has 1 N–H and O–H groups in total. The summed E-state index contributed by atoms with van der Waals surface area (Å²) in [5, 5.41) is 4.26. The van der Waals surface area contributed by atoms with Crippen LogP contribution in [0.5, 0.6) is 5.75 Å². The first kappa shape index (κ1) is 25.8. The normalized spacial score (nSPS) is 11.6. The van der Waals surface area contributed by atoms with Crippen molar-refractivity contribution in [3.63, 3.8) is 0 Å². The van der Waals surface area contributed by atoms with Crippen LogP contribution >= 0.6 is 27.5 Å². The van der Waals surface area contributed by atoms with Crippen molar-refractivity contribution in [3.05, 3.63) is 75.0 Å². The maximum atomic E-state index is 12.5. The van der Waals surface area contributed by atoms with Crippen LogP contribution in [0.15, 0.2) is 58.1 Å². The quantitative estimate of drug-likeness (QED) is 0.322. The van der Waals surface area contributed by atoms with Gasteiger partial charge >= 0.3 is 0 Å². The number of carbonyl (C=O) groups excluding carboxylic acids is 1. The van der Waals surface area contributed by atoms with Crippen LogP contribution in [0.25, 0.3) is 5.69 Å². The molecule has 0 radical (unpaired) electrons. The van der Waals surface area contributed by atoms with E-state index in [2.05, 4.69) is 31.0 Å². The van der Waals surface area contributed by atoms with Gasteiger partial charge in [-0.05, 0) is 56.3 Å². The minimum atomic E-state index is -3.76. The SMILES string of the molecule is COc1ccc(N(CC(=O)N/N=C\c2cc(C)n(-c3cccc(Br)c3)c2C)S(C)(=O)=O)cc1Cl. The number of amides is 1. The zero-order valence-electron chi connectivity index (χ0n) is 19.0. The number of halogens is 2. The van der Waals surface area contributed by atoms with Crippen molar-refractivity contribution in [1.29, 1.82) is 0 Å². The van der Waals surface area contributed by atoms with E-state index in [-0.39, 0.29) is 10.7 Å². The van der Waals surface area contributed by atoms with Gasteiger partial charge < -0.3 is 9.30 Å². The van der Waals surface area contributed by atoms with Crippen LogP contribution in [0.3, 0.4) is 0 Å². The van der Waals surface area contributed by atoms with Crippen molar-refractivity contribution >= 4 is 55.4 Å². The molecule has 0 unspecified atom stereocenters. The summed E-state index contributed by atoms with van der Waals surface area (Å²) < 4.78 is 33.7. The second-order valence-electron chi connectivity index (χ2n) is 7.52. The van der Waals surface area contributed by atoms with Gasteiger partial charge in [0.05, 0.1) is 30.3 Å². The van der Waals surface area contributed by atoms with Gasteiger partial charge in [0.1, 0.15) is 12.3 Å². The lowest BCUT2D eigenvalue weighted by Gasteiger charge is -2.21. The van der Waals surface area contributed by atoms with Crippen LogP contribution in [0.4, 0.5) is 5.69 Å². The van der Waals surface area contributed by atoms with Gasteiger partial charge in [-0.15, -0.1) is 0 Å². The molecule has 0 aliphatic rings. The molecular weight excluding hydrogens is 544 g/mol. The molecule has 0 bridgehead atoms. The second-order valence-corrected chi connectivity index (χ2v) is 10.8. The van der Waals surface area contributed by atoms with E-state index in [9.17, 15) is 13.2 Å². The molecule has 180 valence electrons. The van der Waals surface area contributed by atoms with Crippen molar-refractivity contribution < 1.29 is 17.9 Å². The van der Waals surface area contributed by atoms with Crippen molar-refractivity contribution in [1.82, 2.24) is 9.99 Å². The molecule has 0 fully saturated rings. The number of rotatable bonds is 8. The number of methoxy groups -OCH3 is 1. The van der Waals surface area contributed by atoms with E-state index in [4.69, 9.17) is 16.3 Å². The molecule has 0 saturated carbocycles. The van der Waals surface area contributed by atoms with E-state index in [0.717, 1.165) is 37.7 Å². The van der Waals surface area contributed by atoms with Crippen LogP contribution in [-0.2, 0) is 14.8 Å². The van der Waals surface area contributed by atoms with Crippen LogP contribution in [0, 0.1) is 13.8 Å². The lowest BCUT2D eigenvalue weighted by Crippen LogP contribution is -2.39. The number of benzene rings is 2. The van der Waals surface area contributed by atoms with Crippen LogP contribution < -0.4 is 14.5 Å². The van der Waals surface area contributed by atoms with Crippen molar-refractivity contribution in [2.75, 3.05) is 24.2 Å². The highest BCUT2D eigenvalue weighted by molar-refractivity contribution is 9.10. The Bertz CT molecular complexity index is 1350. The summed E-state index contributed by atoms with van der Waals surface area (Å²) in [6.45, 7) is 3.47. The summed E-state index contributed by atoms with van der Waals surface area (Å²) >= 11 is 9.61. The van der Waals surface area contributed by atoms with E-state index < -0.39 is 22.5 Å². The molecule has 0 aliphatic carbocycles. The first-order valence-electron chi connectivity index (χ1n) is 10.1. The molecule has 2 aromatic carbocycles. The van der Waals surface area contributed by atoms with Gasteiger partial charge in [0.2, 0.25) is 10.0 Å². The molecule has 0 atom stereocenters. The molecule has 11 heteroatoms. The molecule has 3 rings (SSSR count). The van der Waals surface area contributed by atoms with Gasteiger partial charge in [-0.3, -0.25) is 9.10 Å². The number of hydrogen-bond donors (Lipinski definition) is 1. The monoisotopic (exact) mass is 566 g/mol. The zero-order chi connectivity index (χ0) is 25.0. The number of aromatic nitrogens is 1. The first-order chi connectivity index (χ1) is 16.0. The number of sulfonamides is 1. The van der Waals surface area contributed by atoms with E-state index >= 15 is 0 Å². The Labute approximate surface area is 212 Å². The van der Waals surface area contributed by atoms with Crippen molar-refractivity contribution in [2.45, 2.75) is 13.8 Å². The highest BCUT2D eigenvalue weighted by Crippen LogP contribution is 2.30. The fraction of sp³-hybridized carbons (Fsp3) is 0.217. The van der Waals surface area contributed by atoms with Crippen molar-refractivity contribution in [3.8, 4) is 11.4 Å². The number of ether oxygens (including phenoxy) is 1. The summed E-state index contributed by atoms with van der Waals surface area (Å²) in [7, 11) is -2.30. The highest BCUT2D eigenvalue weighted by atomic mass is 79.9. The molecule has 8 nitrogen and oxygen atoms in total. The molecule has 1 amide bonds. The van der Waals surface area contributed by atoms with Crippen LogP contribution in [-0.4, -0.2) is 45.0 Å². The smallest absolute Gasteiger partial charge is 0.260 e. The summed E-state index contributed by atoms with van der Waals surface area (Å²) in [5.41, 5.74) is 6.40. The largest absolute Gasteiger partial charge is 0.495 e. The van der Waals surface area contributed by atoms with Crippen LogP contribution in [0.1, 0.15) is 17.0 Å². The molecule has 0 saturated heterocycles. The summed E-state index contributed by atoms with van der Waals surface area (Å²) in [6.07, 6.45) is 2.54. The number of nitrogens with one attached hydrogen (secondary N) is 1. The Morgan fingerprint density at radius 2 is 1.97 bits per heavy atom. The summed E-state index contributed by atoms with van der Waals surface area (Å²) in [4.78, 5) is 12.5. The zero-order valence-corrected chi connectivity index (χ0v) is 22.2. The number of hydrogen-bond acceptors (Lipinski definition) is 5. The van der Waals surface area contributed by atoms with Gasteiger partial charge in [0.15, 0.2) is 0 Å². The molecule has 0 spiro atoms. The van der Waals surface area contributed by atoms with Gasteiger partial charge in [-0.2, -0.15) is 5.10 Å². The summed E-state index contributed by atoms with van der Waals surface area (Å²) in [6, 6.07) is 14.3. The van der Waals surface area contributed by atoms with Crippen LogP contribution in [0.2, 0.25) is 5.02 Å². The van der Waals surface area contributed by atoms with Gasteiger partial charge in [0, 0.05) is 27.1 Å². The lowest BCUT2D eigenvalue weighted by atomic mass is 10.2. The fourth-order valence-corrected chi connectivity index (χ4v) is 4.97. The fourth-order valence-electron chi connectivity index (χ4n) is 3.48. The van der Waals surface area contributed by atoms with Gasteiger partial charge in [-0.25, -0.2) is 13.8 Å². The predicted octanol–water partition coefficient (Wildman–Crippen LogP) is 4.43. The third kappa shape index (κ3) is 5.99. The van der Waals surface area contributed by atoms with E-state index in [1.54, 1.807) is 0 Å². The minimum Gasteiger partial charge on any atom is -0.495 e. The Balaban J connectivity index is 1.75. The third-order valence-corrected chi connectivity index (χ3v) is 6.97. The number of carbonyl (C=O) groups is 1. The Kier molecular flexibility index (Phi) is 8.06. The molecule has 1 aromatic heterocycles. The average Bonchev–Trinajstić information content (AvgIpc) is 3.04. The number of anilines is 1. The molecule has 34 heavy (non-hydrogen) atoms. The van der Waals surface area contributed by atoms with Gasteiger partial charge in [0.25, 0.3) is 5.91 Å². The standard InChI is InChI=1S/C23H24BrClN4O4S/c1-15-10-17(16(2)29(15)20-7-5-6-18(24)11-20)13-26-27-23(30)14-28(34(4,31)32)19-8-9-22(33-3)21(25)12-19/h5-13H,14H2,1-4H3,(H,27,30)/b26-13-. The maximum absolute atomic E-state index is 12.5. The number of hydrazone groups is 1. The number of nitrogens with zero attached hydrogens (tertiary/aromatic N) is 3. The van der Waals surface area contributed by atoms with Gasteiger partial charge in [-0.1, -0.05) is 33.6 Å². The lowest BCUT2D eigenvalue weighted by molar-refractivity contribution is -0.119. The minimum absolute atomic E-state index is 0.230. The first-order valence-corrected chi connectivity index (χ1v) is 13.1. The van der Waals surface area contributed by atoms with E-state index in [1.807, 2.05) is 44.2 Å². The second kappa shape index (κ2) is 10.6. The predicted molar refractivity (Wildman–Crippen MR) is 139 cm³/mol. The topological polar surface area (TPSA) is 93.0 Å².